The molecule has 0 aromatic heterocycles. The summed E-state index contributed by atoms with van der Waals surface area (Å²) in [7, 11) is 0. The van der Waals surface area contributed by atoms with Gasteiger partial charge in [0, 0.05) is 44.5 Å². The van der Waals surface area contributed by atoms with E-state index < -0.39 is 71.2 Å². The number of allylic oxidation sites excluding steroid dienone is 2. The minimum atomic E-state index is -1.59. The molecule has 0 aromatic carbocycles. The molecule has 8 N–H and O–H groups in total. The normalized spacial score (nSPS) is 24.9. The molecule has 1 aliphatic heterocycles. The molecular weight excluding hydrogens is 640 g/mol. The first-order valence-corrected chi connectivity index (χ1v) is 16.7. The van der Waals surface area contributed by atoms with Crippen molar-refractivity contribution in [2.24, 2.45) is 11.3 Å². The number of hydrogen-bond donors (Lipinski definition) is 8. The maximum absolute atomic E-state index is 13.7. The molecule has 2 fully saturated rings. The van der Waals surface area contributed by atoms with Gasteiger partial charge in [0.05, 0.1) is 11.7 Å². The fraction of sp³-hybridized carbons (Fsp3) is 0.697. The molecule has 16 nitrogen and oxygen atoms in total. The topological polar surface area (TPSA) is 249 Å². The summed E-state index contributed by atoms with van der Waals surface area (Å²) >= 11 is 0. The third kappa shape index (κ3) is 12.9. The van der Waals surface area contributed by atoms with Gasteiger partial charge in [-0.25, -0.2) is 4.79 Å². The second kappa shape index (κ2) is 18.4. The van der Waals surface area contributed by atoms with Crippen molar-refractivity contribution in [2.75, 3.05) is 13.1 Å². The van der Waals surface area contributed by atoms with E-state index in [0.717, 1.165) is 0 Å². The van der Waals surface area contributed by atoms with Crippen LogP contribution in [-0.4, -0.2) is 101 Å². The van der Waals surface area contributed by atoms with E-state index in [1.165, 1.54) is 13.8 Å². The highest BCUT2D eigenvalue weighted by atomic mass is 16.4. The second-order valence-electron chi connectivity index (χ2n) is 13.9. The number of hydrogen-bond acceptors (Lipinski definition) is 10. The number of carbonyl (C=O) groups excluding carboxylic acids is 7. The van der Waals surface area contributed by atoms with Crippen LogP contribution in [0.15, 0.2) is 11.3 Å². The highest BCUT2D eigenvalue weighted by Crippen LogP contribution is 2.34. The van der Waals surface area contributed by atoms with Crippen LogP contribution in [-0.2, 0) is 38.4 Å². The van der Waals surface area contributed by atoms with Gasteiger partial charge in [-0.1, -0.05) is 27.7 Å². The molecule has 1 aliphatic carbocycles. The third-order valence-corrected chi connectivity index (χ3v) is 8.42. The average molecular weight is 693 g/mol. The maximum atomic E-state index is 13.7. The third-order valence-electron chi connectivity index (χ3n) is 8.42. The minimum Gasteiger partial charge on any atom is -0.480 e. The Hall–Kier alpha value is -4.34. The van der Waals surface area contributed by atoms with Crippen LogP contribution >= 0.6 is 0 Å². The number of nitrogens with one attached hydrogen (secondary N) is 6. The lowest BCUT2D eigenvalue weighted by Gasteiger charge is -2.31. The number of aliphatic hydroxyl groups is 1. The molecule has 5 atom stereocenters. The van der Waals surface area contributed by atoms with Gasteiger partial charge in [0.1, 0.15) is 24.2 Å². The Kier molecular flexibility index (Phi) is 15.4. The summed E-state index contributed by atoms with van der Waals surface area (Å²) in [4.78, 5) is 103. The largest absolute Gasteiger partial charge is 0.480 e. The van der Waals surface area contributed by atoms with Crippen molar-refractivity contribution in [1.29, 1.82) is 0 Å². The minimum absolute atomic E-state index is 0.0133. The number of Topliss-reactive ketones (excluding diaryl/α,β-unsaturated/α-hetero) is 2. The van der Waals surface area contributed by atoms with Crippen molar-refractivity contribution in [3.05, 3.63) is 11.3 Å². The summed E-state index contributed by atoms with van der Waals surface area (Å²) in [5, 5.41) is 35.7. The zero-order valence-corrected chi connectivity index (χ0v) is 29.2. The Balaban J connectivity index is 2.41. The van der Waals surface area contributed by atoms with Gasteiger partial charge in [0.2, 0.25) is 29.5 Å². The summed E-state index contributed by atoms with van der Waals surface area (Å²) in [5.74, 6) is -5.98. The van der Waals surface area contributed by atoms with Gasteiger partial charge in [0.25, 0.3) is 0 Å². The SMILES string of the molecule is CC(N[C@H]1CCCCNC(=O)CCNC(=O)CC[C@@H](C(=O)NC(C(=O)O)C(C)C)NC(=O)C([C@@H](C)O)NC1=O)=C1C(=O)CC(C)(C)CC1=O. The van der Waals surface area contributed by atoms with Crippen LogP contribution in [0.4, 0.5) is 0 Å². The van der Waals surface area contributed by atoms with Gasteiger partial charge in [-0.3, -0.25) is 33.6 Å². The Morgan fingerprint density at radius 2 is 1.43 bits per heavy atom. The first-order valence-electron chi connectivity index (χ1n) is 16.7. The molecule has 274 valence electrons. The number of carbonyl (C=O) groups is 8. The van der Waals surface area contributed by atoms with Crippen molar-refractivity contribution in [2.45, 2.75) is 123 Å². The number of aliphatic hydroxyl groups excluding tert-OH is 1. The zero-order valence-electron chi connectivity index (χ0n) is 29.2. The highest BCUT2D eigenvalue weighted by molar-refractivity contribution is 6.22. The van der Waals surface area contributed by atoms with Gasteiger partial charge in [0.15, 0.2) is 11.6 Å². The first kappa shape index (κ1) is 40.8. The molecule has 0 spiro atoms. The number of amides is 5. The van der Waals surface area contributed by atoms with E-state index in [0.29, 0.717) is 12.8 Å². The van der Waals surface area contributed by atoms with Gasteiger partial charge in [-0.2, -0.15) is 0 Å². The van der Waals surface area contributed by atoms with E-state index in [1.807, 2.05) is 13.8 Å². The summed E-state index contributed by atoms with van der Waals surface area (Å²) in [6.07, 6.45) is -0.731. The second-order valence-corrected chi connectivity index (χ2v) is 13.9. The van der Waals surface area contributed by atoms with Gasteiger partial charge in [-0.15, -0.1) is 0 Å². The van der Waals surface area contributed by atoms with Crippen molar-refractivity contribution < 1.29 is 48.6 Å². The van der Waals surface area contributed by atoms with Crippen LogP contribution in [0.5, 0.6) is 0 Å². The lowest BCUT2D eigenvalue weighted by molar-refractivity contribution is -0.144. The van der Waals surface area contributed by atoms with Crippen molar-refractivity contribution >= 4 is 47.1 Å². The summed E-state index contributed by atoms with van der Waals surface area (Å²) in [6, 6.07) is -5.40. The van der Waals surface area contributed by atoms with Crippen molar-refractivity contribution in [1.82, 2.24) is 31.9 Å². The van der Waals surface area contributed by atoms with E-state index in [4.69, 9.17) is 0 Å². The molecule has 2 rings (SSSR count). The van der Waals surface area contributed by atoms with E-state index in [1.54, 1.807) is 13.8 Å². The Morgan fingerprint density at radius 3 is 2.00 bits per heavy atom. The molecule has 0 aromatic rings. The number of carboxylic acid groups (broad SMARTS) is 1. The number of rotatable bonds is 7. The molecule has 49 heavy (non-hydrogen) atoms. The molecule has 2 aliphatic rings. The zero-order chi connectivity index (χ0) is 37.1. The highest BCUT2D eigenvalue weighted by Gasteiger charge is 2.38. The summed E-state index contributed by atoms with van der Waals surface area (Å²) in [5.41, 5.74) is -0.335. The number of aliphatic carboxylic acids is 1. The fourth-order valence-corrected chi connectivity index (χ4v) is 5.71. The summed E-state index contributed by atoms with van der Waals surface area (Å²) in [6.45, 7) is 9.85. The van der Waals surface area contributed by atoms with Gasteiger partial charge >= 0.3 is 5.97 Å². The van der Waals surface area contributed by atoms with Crippen LogP contribution < -0.4 is 31.9 Å². The molecule has 1 saturated carbocycles. The predicted octanol–water partition coefficient (Wildman–Crippen LogP) is -0.661. The quantitative estimate of drug-likeness (QED) is 0.123. The molecule has 16 heteroatoms. The van der Waals surface area contributed by atoms with Crippen molar-refractivity contribution in [3.8, 4) is 0 Å². The van der Waals surface area contributed by atoms with E-state index >= 15 is 0 Å². The average Bonchev–Trinajstić information content (AvgIpc) is 2.97. The fourth-order valence-electron chi connectivity index (χ4n) is 5.71. The van der Waals surface area contributed by atoms with Crippen LogP contribution in [0.2, 0.25) is 0 Å². The van der Waals surface area contributed by atoms with Gasteiger partial charge in [-0.05, 0) is 50.9 Å². The molecule has 0 radical (unpaired) electrons. The lowest BCUT2D eigenvalue weighted by Crippen LogP contribution is -2.60. The van der Waals surface area contributed by atoms with Crippen LogP contribution in [0.25, 0.3) is 0 Å². The standard InChI is InChI=1S/C33H52N6O10/c1-17(2)27(32(48)49)38-30(46)21-10-11-24(43)35-14-12-25(44)34-13-8-7-9-20(29(45)39-28(19(4)40)31(47)37-21)36-18(3)26-22(41)15-33(5,6)16-23(26)42/h17,19-21,27-28,36,40H,7-16H2,1-6H3,(H,34,44)(H,35,43)(H,37,47)(H,38,46)(H,39,45)(H,48,49)/t19-,20+,21+,27?,28?/m1/s1. The Labute approximate surface area is 286 Å². The van der Waals surface area contributed by atoms with E-state index in [9.17, 15) is 48.6 Å². The molecule has 2 unspecified atom stereocenters. The van der Waals surface area contributed by atoms with E-state index in [2.05, 4.69) is 31.9 Å². The smallest absolute Gasteiger partial charge is 0.326 e. The lowest BCUT2D eigenvalue weighted by atomic mass is 9.73. The Morgan fingerprint density at radius 1 is 0.837 bits per heavy atom. The monoisotopic (exact) mass is 692 g/mol. The van der Waals surface area contributed by atoms with Crippen LogP contribution in [0, 0.1) is 11.3 Å². The van der Waals surface area contributed by atoms with Gasteiger partial charge < -0.3 is 42.1 Å². The first-order chi connectivity index (χ1) is 22.8. The van der Waals surface area contributed by atoms with Crippen molar-refractivity contribution in [3.63, 3.8) is 0 Å². The maximum Gasteiger partial charge on any atom is 0.326 e. The van der Waals surface area contributed by atoms with E-state index in [-0.39, 0.29) is 80.4 Å². The predicted molar refractivity (Wildman–Crippen MR) is 176 cm³/mol. The van der Waals surface area contributed by atoms with Crippen LogP contribution in [0.1, 0.15) is 92.9 Å². The Bertz CT molecular complexity index is 1300. The molecule has 1 saturated heterocycles. The molecule has 1 heterocycles. The summed E-state index contributed by atoms with van der Waals surface area (Å²) < 4.78 is 0. The number of ketones is 2. The number of carboxylic acids is 1. The molecular formula is C33H52N6O10. The van der Waals surface area contributed by atoms with Crippen LogP contribution in [0.3, 0.4) is 0 Å². The molecule has 0 bridgehead atoms. The molecule has 5 amide bonds.